The lowest BCUT2D eigenvalue weighted by molar-refractivity contribution is 0.283. The van der Waals surface area contributed by atoms with Crippen LogP contribution in [0.15, 0.2) is 22.9 Å². The summed E-state index contributed by atoms with van der Waals surface area (Å²) in [4.78, 5) is 4.28. The molecule has 0 aliphatic rings. The number of hydrogen-bond donors (Lipinski definition) is 1. The van der Waals surface area contributed by atoms with Crippen LogP contribution in [-0.2, 0) is 13.2 Å². The Morgan fingerprint density at radius 3 is 2.93 bits per heavy atom. The maximum Gasteiger partial charge on any atom is 0.0958 e. The number of halogens is 1. The largest absolute Gasteiger partial charge is 0.392 e. The van der Waals surface area contributed by atoms with E-state index in [1.165, 1.54) is 0 Å². The van der Waals surface area contributed by atoms with Crippen LogP contribution in [0.2, 0.25) is 0 Å². The molecule has 1 aromatic carbocycles. The van der Waals surface area contributed by atoms with E-state index in [0.29, 0.717) is 0 Å². The molecule has 0 saturated carbocycles. The van der Waals surface area contributed by atoms with Crippen LogP contribution >= 0.6 is 15.9 Å². The summed E-state index contributed by atoms with van der Waals surface area (Å²) in [7, 11) is 0. The number of imidazole rings is 1. The number of aliphatic hydroxyl groups is 1. The molecule has 0 fully saturated rings. The fourth-order valence-electron chi connectivity index (χ4n) is 1.62. The zero-order valence-electron chi connectivity index (χ0n) is 7.87. The first-order valence-electron chi connectivity index (χ1n) is 4.50. The molecule has 0 spiro atoms. The van der Waals surface area contributed by atoms with Crippen molar-refractivity contribution in [1.29, 1.82) is 0 Å². The SMILES string of the molecule is CCn1cnc2cc(Br)cc(CO)c21. The molecule has 4 heteroatoms. The van der Waals surface area contributed by atoms with Gasteiger partial charge in [-0.2, -0.15) is 0 Å². The fourth-order valence-corrected chi connectivity index (χ4v) is 2.11. The van der Waals surface area contributed by atoms with Gasteiger partial charge in [0.15, 0.2) is 0 Å². The molecule has 0 amide bonds. The molecule has 0 aliphatic carbocycles. The number of aromatic nitrogens is 2. The molecule has 2 rings (SSSR count). The molecule has 1 N–H and O–H groups in total. The van der Waals surface area contributed by atoms with E-state index in [-0.39, 0.29) is 6.61 Å². The zero-order valence-corrected chi connectivity index (χ0v) is 9.45. The first-order valence-corrected chi connectivity index (χ1v) is 5.29. The summed E-state index contributed by atoms with van der Waals surface area (Å²) in [6.45, 7) is 2.97. The smallest absolute Gasteiger partial charge is 0.0958 e. The van der Waals surface area contributed by atoms with Gasteiger partial charge < -0.3 is 9.67 Å². The highest BCUT2D eigenvalue weighted by atomic mass is 79.9. The number of aryl methyl sites for hydroxylation is 1. The third-order valence-corrected chi connectivity index (χ3v) is 2.73. The number of rotatable bonds is 2. The normalized spacial score (nSPS) is 11.1. The Bertz CT molecular complexity index is 464. The molecule has 1 aromatic heterocycles. The zero-order chi connectivity index (χ0) is 10.1. The predicted molar refractivity (Wildman–Crippen MR) is 59.0 cm³/mol. The van der Waals surface area contributed by atoms with E-state index < -0.39 is 0 Å². The van der Waals surface area contributed by atoms with Crippen molar-refractivity contribution in [3.05, 3.63) is 28.5 Å². The van der Waals surface area contributed by atoms with Gasteiger partial charge in [-0.3, -0.25) is 0 Å². The molecule has 3 nitrogen and oxygen atoms in total. The standard InChI is InChI=1S/C10H11BrN2O/c1-2-13-6-12-9-4-8(11)3-7(5-14)10(9)13/h3-4,6,14H,2,5H2,1H3. The fraction of sp³-hybridized carbons (Fsp3) is 0.300. The van der Waals surface area contributed by atoms with Crippen molar-refractivity contribution in [1.82, 2.24) is 9.55 Å². The lowest BCUT2D eigenvalue weighted by Gasteiger charge is -2.04. The van der Waals surface area contributed by atoms with Crippen molar-refractivity contribution < 1.29 is 5.11 Å². The molecular weight excluding hydrogens is 244 g/mol. The molecule has 0 radical (unpaired) electrons. The van der Waals surface area contributed by atoms with Gasteiger partial charge >= 0.3 is 0 Å². The summed E-state index contributed by atoms with van der Waals surface area (Å²) in [5, 5.41) is 9.24. The van der Waals surface area contributed by atoms with Gasteiger partial charge in [0.1, 0.15) is 0 Å². The third kappa shape index (κ3) is 1.44. The Morgan fingerprint density at radius 2 is 2.29 bits per heavy atom. The highest BCUT2D eigenvalue weighted by Gasteiger charge is 2.07. The average molecular weight is 255 g/mol. The molecule has 74 valence electrons. The van der Waals surface area contributed by atoms with Crippen molar-refractivity contribution in [2.45, 2.75) is 20.1 Å². The van der Waals surface area contributed by atoms with Crippen molar-refractivity contribution in [2.75, 3.05) is 0 Å². The van der Waals surface area contributed by atoms with Gasteiger partial charge in [-0.05, 0) is 19.1 Å². The number of nitrogens with zero attached hydrogens (tertiary/aromatic N) is 2. The Morgan fingerprint density at radius 1 is 1.50 bits per heavy atom. The Hall–Kier alpha value is -0.870. The van der Waals surface area contributed by atoms with E-state index in [1.807, 2.05) is 16.7 Å². The topological polar surface area (TPSA) is 38.0 Å². The van der Waals surface area contributed by atoms with Gasteiger partial charge in [-0.25, -0.2) is 4.98 Å². The molecule has 2 aromatic rings. The monoisotopic (exact) mass is 254 g/mol. The van der Waals surface area contributed by atoms with Gasteiger partial charge in [0.05, 0.1) is 24.0 Å². The number of benzene rings is 1. The second-order valence-corrected chi connectivity index (χ2v) is 4.04. The van der Waals surface area contributed by atoms with Gasteiger partial charge in [0, 0.05) is 16.6 Å². The van der Waals surface area contributed by atoms with Crippen LogP contribution in [-0.4, -0.2) is 14.7 Å². The molecule has 0 atom stereocenters. The predicted octanol–water partition coefficient (Wildman–Crippen LogP) is 2.31. The second kappa shape index (κ2) is 3.71. The maximum atomic E-state index is 9.24. The van der Waals surface area contributed by atoms with Crippen molar-refractivity contribution in [3.8, 4) is 0 Å². The third-order valence-electron chi connectivity index (χ3n) is 2.27. The molecule has 0 saturated heterocycles. The van der Waals surface area contributed by atoms with Crippen LogP contribution in [0.1, 0.15) is 12.5 Å². The van der Waals surface area contributed by atoms with Crippen LogP contribution in [0.25, 0.3) is 11.0 Å². The van der Waals surface area contributed by atoms with E-state index in [4.69, 9.17) is 0 Å². The molecular formula is C10H11BrN2O. The molecule has 14 heavy (non-hydrogen) atoms. The maximum absolute atomic E-state index is 9.24. The summed E-state index contributed by atoms with van der Waals surface area (Å²) < 4.78 is 2.99. The summed E-state index contributed by atoms with van der Waals surface area (Å²) in [5.41, 5.74) is 2.86. The van der Waals surface area contributed by atoms with Gasteiger partial charge in [-0.1, -0.05) is 15.9 Å². The summed E-state index contributed by atoms with van der Waals surface area (Å²) in [5.74, 6) is 0. The van der Waals surface area contributed by atoms with Gasteiger partial charge in [-0.15, -0.1) is 0 Å². The minimum atomic E-state index is 0.0433. The average Bonchev–Trinajstić information content (AvgIpc) is 2.59. The Kier molecular flexibility index (Phi) is 2.56. The van der Waals surface area contributed by atoms with E-state index in [2.05, 4.69) is 27.8 Å². The summed E-state index contributed by atoms with van der Waals surface area (Å²) in [6.07, 6.45) is 1.80. The summed E-state index contributed by atoms with van der Waals surface area (Å²) >= 11 is 3.39. The van der Waals surface area contributed by atoms with E-state index in [9.17, 15) is 5.11 Å². The van der Waals surface area contributed by atoms with E-state index in [0.717, 1.165) is 27.6 Å². The molecule has 0 bridgehead atoms. The van der Waals surface area contributed by atoms with Crippen LogP contribution < -0.4 is 0 Å². The number of hydrogen-bond acceptors (Lipinski definition) is 2. The van der Waals surface area contributed by atoms with Crippen molar-refractivity contribution in [3.63, 3.8) is 0 Å². The van der Waals surface area contributed by atoms with Gasteiger partial charge in [0.2, 0.25) is 0 Å². The lowest BCUT2D eigenvalue weighted by Crippen LogP contribution is -1.95. The highest BCUT2D eigenvalue weighted by Crippen LogP contribution is 2.23. The van der Waals surface area contributed by atoms with Crippen molar-refractivity contribution >= 4 is 27.0 Å². The van der Waals surface area contributed by atoms with Crippen LogP contribution in [0.5, 0.6) is 0 Å². The molecule has 0 unspecified atom stereocenters. The Balaban J connectivity index is 2.78. The number of aliphatic hydroxyl groups excluding tert-OH is 1. The number of fused-ring (bicyclic) bond motifs is 1. The first-order chi connectivity index (χ1) is 6.76. The Labute approximate surface area is 90.5 Å². The van der Waals surface area contributed by atoms with Crippen LogP contribution in [0, 0.1) is 0 Å². The van der Waals surface area contributed by atoms with Gasteiger partial charge in [0.25, 0.3) is 0 Å². The quantitative estimate of drug-likeness (QED) is 0.894. The van der Waals surface area contributed by atoms with Crippen LogP contribution in [0.3, 0.4) is 0 Å². The van der Waals surface area contributed by atoms with Crippen LogP contribution in [0.4, 0.5) is 0 Å². The van der Waals surface area contributed by atoms with Crippen molar-refractivity contribution in [2.24, 2.45) is 0 Å². The summed E-state index contributed by atoms with van der Waals surface area (Å²) in [6, 6.07) is 3.89. The highest BCUT2D eigenvalue weighted by molar-refractivity contribution is 9.10. The minimum absolute atomic E-state index is 0.0433. The van der Waals surface area contributed by atoms with E-state index >= 15 is 0 Å². The molecule has 0 aliphatic heterocycles. The second-order valence-electron chi connectivity index (χ2n) is 3.12. The molecule has 1 heterocycles. The van der Waals surface area contributed by atoms with E-state index in [1.54, 1.807) is 6.33 Å². The minimum Gasteiger partial charge on any atom is -0.392 e. The first kappa shape index (κ1) is 9.68. The lowest BCUT2D eigenvalue weighted by atomic mass is 10.2.